The lowest BCUT2D eigenvalue weighted by Gasteiger charge is -2.31. The fourth-order valence-corrected chi connectivity index (χ4v) is 4.43. The van der Waals surface area contributed by atoms with Gasteiger partial charge in [-0.3, -0.25) is 14.6 Å². The van der Waals surface area contributed by atoms with Gasteiger partial charge in [0.1, 0.15) is 5.76 Å². The Morgan fingerprint density at radius 3 is 2.71 bits per heavy atom. The van der Waals surface area contributed by atoms with Gasteiger partial charge in [-0.15, -0.1) is 0 Å². The van der Waals surface area contributed by atoms with E-state index in [2.05, 4.69) is 20.3 Å². The lowest BCUT2D eigenvalue weighted by Crippen LogP contribution is -2.37. The number of hydrogen-bond donors (Lipinski definition) is 2. The van der Waals surface area contributed by atoms with Crippen LogP contribution < -0.4 is 5.73 Å². The number of hydrogen-bond acceptors (Lipinski definition) is 6. The Hall–Kier alpha value is -3.62. The molecule has 0 spiro atoms. The second-order valence-corrected chi connectivity index (χ2v) is 8.17. The molecule has 1 aliphatic rings. The standard InChI is InChI=1S/C22H25N7O2/c1-12-20(13(2)27-26-12)19-8-17-18(10-24-22(23)21(17)31-19)15-9-25-29(11-15)16-4-6-28(7-5-16)14(3)30/h8-11,16H,4-7H2,1-3H3,(H2,23,24)(H,26,27). The van der Waals surface area contributed by atoms with E-state index in [1.54, 1.807) is 13.1 Å². The number of rotatable bonds is 3. The number of likely N-dealkylation sites (tertiary alicyclic amines) is 1. The number of amides is 1. The average Bonchev–Trinajstić information content (AvgIpc) is 3.48. The molecule has 1 aliphatic heterocycles. The fourth-order valence-electron chi connectivity index (χ4n) is 4.43. The molecule has 5 rings (SSSR count). The van der Waals surface area contributed by atoms with Crippen molar-refractivity contribution in [2.45, 2.75) is 39.7 Å². The molecular weight excluding hydrogens is 394 g/mol. The summed E-state index contributed by atoms with van der Waals surface area (Å²) in [5.41, 5.74) is 11.3. The first-order valence-electron chi connectivity index (χ1n) is 10.4. The Morgan fingerprint density at radius 2 is 2.03 bits per heavy atom. The molecule has 4 aromatic rings. The quantitative estimate of drug-likeness (QED) is 0.525. The summed E-state index contributed by atoms with van der Waals surface area (Å²) in [6.07, 6.45) is 7.45. The van der Waals surface area contributed by atoms with E-state index in [-0.39, 0.29) is 11.9 Å². The molecule has 1 fully saturated rings. The molecule has 9 nitrogen and oxygen atoms in total. The first-order chi connectivity index (χ1) is 14.9. The van der Waals surface area contributed by atoms with Crippen LogP contribution in [0.3, 0.4) is 0 Å². The predicted octanol–water partition coefficient (Wildman–Crippen LogP) is 3.46. The molecule has 0 bridgehead atoms. The zero-order chi connectivity index (χ0) is 21.7. The number of furan rings is 1. The van der Waals surface area contributed by atoms with Gasteiger partial charge in [-0.2, -0.15) is 10.2 Å². The molecule has 1 saturated heterocycles. The molecule has 4 aromatic heterocycles. The number of fused-ring (bicyclic) bond motifs is 1. The smallest absolute Gasteiger partial charge is 0.219 e. The van der Waals surface area contributed by atoms with Crippen molar-refractivity contribution in [1.82, 2.24) is 29.9 Å². The van der Waals surface area contributed by atoms with Crippen LogP contribution in [0.1, 0.15) is 37.2 Å². The minimum atomic E-state index is 0.133. The van der Waals surface area contributed by atoms with Crippen molar-refractivity contribution in [1.29, 1.82) is 0 Å². The molecule has 0 atom stereocenters. The number of H-pyrrole nitrogens is 1. The third-order valence-electron chi connectivity index (χ3n) is 6.16. The molecule has 1 amide bonds. The van der Waals surface area contributed by atoms with E-state index < -0.39 is 0 Å². The number of nitrogens with zero attached hydrogens (tertiary/aromatic N) is 5. The maximum atomic E-state index is 11.6. The molecular formula is C22H25N7O2. The summed E-state index contributed by atoms with van der Waals surface area (Å²) < 4.78 is 8.11. The summed E-state index contributed by atoms with van der Waals surface area (Å²) in [5, 5.41) is 12.8. The van der Waals surface area contributed by atoms with Gasteiger partial charge in [0.15, 0.2) is 11.4 Å². The van der Waals surface area contributed by atoms with Gasteiger partial charge in [0.2, 0.25) is 5.91 Å². The van der Waals surface area contributed by atoms with Crippen LogP contribution in [0, 0.1) is 13.8 Å². The highest BCUT2D eigenvalue weighted by Gasteiger charge is 2.24. The first kappa shape index (κ1) is 19.3. The Bertz CT molecular complexity index is 1260. The Balaban J connectivity index is 1.50. The van der Waals surface area contributed by atoms with Crippen molar-refractivity contribution in [3.63, 3.8) is 0 Å². The SMILES string of the molecule is CC(=O)N1CCC(n2cc(-c3cnc(N)c4oc(-c5c(C)n[nH]c5C)cc34)cn2)CC1. The number of aromatic amines is 1. The molecule has 5 heterocycles. The number of aryl methyl sites for hydroxylation is 2. The highest BCUT2D eigenvalue weighted by Crippen LogP contribution is 2.38. The average molecular weight is 419 g/mol. The second kappa shape index (κ2) is 7.26. The van der Waals surface area contributed by atoms with Gasteiger partial charge in [-0.1, -0.05) is 0 Å². The zero-order valence-electron chi connectivity index (χ0n) is 17.8. The van der Waals surface area contributed by atoms with E-state index in [1.165, 1.54) is 0 Å². The van der Waals surface area contributed by atoms with E-state index in [1.807, 2.05) is 41.9 Å². The highest BCUT2D eigenvalue weighted by atomic mass is 16.3. The lowest BCUT2D eigenvalue weighted by atomic mass is 10.0. The van der Waals surface area contributed by atoms with Crippen LogP contribution in [0.15, 0.2) is 29.1 Å². The van der Waals surface area contributed by atoms with Crippen molar-refractivity contribution in [2.24, 2.45) is 0 Å². The summed E-state index contributed by atoms with van der Waals surface area (Å²) >= 11 is 0. The van der Waals surface area contributed by atoms with Crippen LogP contribution in [0.25, 0.3) is 33.4 Å². The monoisotopic (exact) mass is 419 g/mol. The van der Waals surface area contributed by atoms with Crippen molar-refractivity contribution >= 4 is 22.7 Å². The minimum absolute atomic E-state index is 0.133. The van der Waals surface area contributed by atoms with Gasteiger partial charge < -0.3 is 15.1 Å². The first-order valence-corrected chi connectivity index (χ1v) is 10.4. The van der Waals surface area contributed by atoms with Gasteiger partial charge in [0.05, 0.1) is 23.5 Å². The highest BCUT2D eigenvalue weighted by molar-refractivity contribution is 6.00. The maximum absolute atomic E-state index is 11.6. The summed E-state index contributed by atoms with van der Waals surface area (Å²) in [5.74, 6) is 1.20. The summed E-state index contributed by atoms with van der Waals surface area (Å²) in [6.45, 7) is 7.05. The molecule has 0 unspecified atom stereocenters. The summed E-state index contributed by atoms with van der Waals surface area (Å²) in [7, 11) is 0. The number of piperidine rings is 1. The fraction of sp³-hybridized carbons (Fsp3) is 0.364. The van der Waals surface area contributed by atoms with Crippen LogP contribution in [0.4, 0.5) is 5.82 Å². The van der Waals surface area contributed by atoms with E-state index >= 15 is 0 Å². The molecule has 3 N–H and O–H groups in total. The van der Waals surface area contributed by atoms with E-state index in [9.17, 15) is 4.79 Å². The Morgan fingerprint density at radius 1 is 1.26 bits per heavy atom. The number of nitrogen functional groups attached to an aromatic ring is 1. The topological polar surface area (TPSA) is 119 Å². The number of pyridine rings is 1. The zero-order valence-corrected chi connectivity index (χ0v) is 17.8. The summed E-state index contributed by atoms with van der Waals surface area (Å²) in [6, 6.07) is 2.27. The van der Waals surface area contributed by atoms with Crippen LogP contribution in [-0.2, 0) is 4.79 Å². The molecule has 0 radical (unpaired) electrons. The summed E-state index contributed by atoms with van der Waals surface area (Å²) in [4.78, 5) is 17.8. The number of aromatic nitrogens is 5. The number of carbonyl (C=O) groups is 1. The third-order valence-corrected chi connectivity index (χ3v) is 6.16. The Kier molecular flexibility index (Phi) is 4.53. The second-order valence-electron chi connectivity index (χ2n) is 8.17. The largest absolute Gasteiger partial charge is 0.452 e. The molecule has 0 saturated carbocycles. The van der Waals surface area contributed by atoms with Crippen LogP contribution in [-0.4, -0.2) is 48.9 Å². The van der Waals surface area contributed by atoms with E-state index in [0.717, 1.165) is 59.4 Å². The van der Waals surface area contributed by atoms with Crippen molar-refractivity contribution in [3.05, 3.63) is 36.0 Å². The molecule has 0 aromatic carbocycles. The van der Waals surface area contributed by atoms with Gasteiger partial charge in [-0.05, 0) is 32.8 Å². The van der Waals surface area contributed by atoms with Gasteiger partial charge in [-0.25, -0.2) is 4.98 Å². The number of nitrogens with one attached hydrogen (secondary N) is 1. The van der Waals surface area contributed by atoms with Gasteiger partial charge in [0, 0.05) is 54.6 Å². The Labute approximate surface area is 179 Å². The molecule has 160 valence electrons. The molecule has 0 aliphatic carbocycles. The van der Waals surface area contributed by atoms with E-state index in [0.29, 0.717) is 17.2 Å². The van der Waals surface area contributed by atoms with Crippen LogP contribution >= 0.6 is 0 Å². The van der Waals surface area contributed by atoms with Crippen molar-refractivity contribution < 1.29 is 9.21 Å². The molecule has 9 heteroatoms. The van der Waals surface area contributed by atoms with Crippen LogP contribution in [0.5, 0.6) is 0 Å². The maximum Gasteiger partial charge on any atom is 0.219 e. The molecule has 31 heavy (non-hydrogen) atoms. The minimum Gasteiger partial charge on any atom is -0.452 e. The predicted molar refractivity (Wildman–Crippen MR) is 117 cm³/mol. The van der Waals surface area contributed by atoms with Gasteiger partial charge >= 0.3 is 0 Å². The number of nitrogens with two attached hydrogens (primary N) is 1. The number of carbonyl (C=O) groups excluding carboxylic acids is 1. The van der Waals surface area contributed by atoms with Crippen LogP contribution in [0.2, 0.25) is 0 Å². The van der Waals surface area contributed by atoms with Crippen molar-refractivity contribution in [3.8, 4) is 22.5 Å². The third kappa shape index (κ3) is 3.26. The number of anilines is 1. The van der Waals surface area contributed by atoms with E-state index in [4.69, 9.17) is 10.2 Å². The van der Waals surface area contributed by atoms with Crippen molar-refractivity contribution in [2.75, 3.05) is 18.8 Å². The lowest BCUT2D eigenvalue weighted by molar-refractivity contribution is -0.130. The van der Waals surface area contributed by atoms with Gasteiger partial charge in [0.25, 0.3) is 0 Å². The normalized spacial score (nSPS) is 15.1.